The minimum atomic E-state index is -1.10. The van der Waals surface area contributed by atoms with E-state index in [0.717, 1.165) is 5.56 Å². The molecule has 1 unspecified atom stereocenters. The van der Waals surface area contributed by atoms with Crippen LogP contribution in [0.3, 0.4) is 0 Å². The van der Waals surface area contributed by atoms with Crippen LogP contribution in [0.15, 0.2) is 42.5 Å². The molecular formula is C18H15NO6. The lowest BCUT2D eigenvalue weighted by Gasteiger charge is -2.33. The first kappa shape index (κ1) is 16.5. The molecule has 0 radical (unpaired) electrons. The molecule has 0 aliphatic carbocycles. The summed E-state index contributed by atoms with van der Waals surface area (Å²) in [6.07, 6.45) is -0.693. The molecule has 2 N–H and O–H groups in total. The first-order chi connectivity index (χ1) is 11.9. The molecule has 7 heteroatoms. The van der Waals surface area contributed by atoms with Crippen molar-refractivity contribution in [3.8, 4) is 5.75 Å². The molecular weight excluding hydrogens is 326 g/mol. The molecule has 0 spiro atoms. The fourth-order valence-corrected chi connectivity index (χ4v) is 2.64. The number of hydrogen-bond acceptors (Lipinski definition) is 4. The maximum atomic E-state index is 12.5. The highest BCUT2D eigenvalue weighted by Gasteiger charge is 2.32. The largest absolute Gasteiger partial charge is 0.479 e. The third-order valence-corrected chi connectivity index (χ3v) is 3.96. The number of nitrogens with zero attached hydrogens (tertiary/aromatic N) is 1. The predicted octanol–water partition coefficient (Wildman–Crippen LogP) is 2.40. The number of carbonyl (C=O) groups is 3. The van der Waals surface area contributed by atoms with Gasteiger partial charge in [-0.25, -0.2) is 9.59 Å². The van der Waals surface area contributed by atoms with Crippen LogP contribution in [0.25, 0.3) is 0 Å². The van der Waals surface area contributed by atoms with E-state index in [9.17, 15) is 14.4 Å². The minimum Gasteiger partial charge on any atom is -0.479 e. The van der Waals surface area contributed by atoms with Crippen LogP contribution in [0.2, 0.25) is 0 Å². The molecule has 1 aliphatic rings. The molecule has 2 aromatic rings. The quantitative estimate of drug-likeness (QED) is 0.885. The van der Waals surface area contributed by atoms with Gasteiger partial charge in [0.2, 0.25) is 0 Å². The summed E-state index contributed by atoms with van der Waals surface area (Å²) in [6.45, 7) is 1.80. The van der Waals surface area contributed by atoms with E-state index in [1.54, 1.807) is 19.1 Å². The number of anilines is 1. The summed E-state index contributed by atoms with van der Waals surface area (Å²) in [5.41, 5.74) is 1.30. The monoisotopic (exact) mass is 341 g/mol. The van der Waals surface area contributed by atoms with Crippen molar-refractivity contribution < 1.29 is 29.3 Å². The van der Waals surface area contributed by atoms with Crippen molar-refractivity contribution in [2.24, 2.45) is 0 Å². The summed E-state index contributed by atoms with van der Waals surface area (Å²) in [5.74, 6) is -1.99. The van der Waals surface area contributed by atoms with Crippen molar-refractivity contribution in [3.63, 3.8) is 0 Å². The van der Waals surface area contributed by atoms with Crippen LogP contribution in [0.4, 0.5) is 5.69 Å². The molecule has 3 rings (SSSR count). The summed E-state index contributed by atoms with van der Waals surface area (Å²) in [5, 5.41) is 18.1. The molecule has 1 atom stereocenters. The number of rotatable bonds is 4. The lowest BCUT2D eigenvalue weighted by atomic mass is 10.1. The number of benzene rings is 2. The SMILES string of the molecule is CC1Oc2ccc(C(=O)O)cc2N(Cc2ccc(C(=O)O)cc2)C1=O. The molecule has 0 saturated carbocycles. The van der Waals surface area contributed by atoms with Gasteiger partial charge in [-0.15, -0.1) is 0 Å². The molecule has 0 aromatic heterocycles. The van der Waals surface area contributed by atoms with E-state index < -0.39 is 18.0 Å². The van der Waals surface area contributed by atoms with Crippen LogP contribution < -0.4 is 9.64 Å². The van der Waals surface area contributed by atoms with E-state index in [1.165, 1.54) is 35.2 Å². The van der Waals surface area contributed by atoms with Gasteiger partial charge in [-0.3, -0.25) is 4.79 Å². The van der Waals surface area contributed by atoms with E-state index in [1.807, 2.05) is 0 Å². The van der Waals surface area contributed by atoms with Crippen LogP contribution in [0.5, 0.6) is 5.75 Å². The number of amides is 1. The zero-order chi connectivity index (χ0) is 18.1. The lowest BCUT2D eigenvalue weighted by molar-refractivity contribution is -0.125. The van der Waals surface area contributed by atoms with E-state index in [2.05, 4.69) is 0 Å². The fraction of sp³-hybridized carbons (Fsp3) is 0.167. The second kappa shape index (κ2) is 6.27. The van der Waals surface area contributed by atoms with Crippen molar-refractivity contribution in [2.45, 2.75) is 19.6 Å². The molecule has 128 valence electrons. The van der Waals surface area contributed by atoms with E-state index >= 15 is 0 Å². The first-order valence-electron chi connectivity index (χ1n) is 7.54. The van der Waals surface area contributed by atoms with Gasteiger partial charge in [0, 0.05) is 0 Å². The normalized spacial score (nSPS) is 16.1. The van der Waals surface area contributed by atoms with Gasteiger partial charge < -0.3 is 19.8 Å². The number of ether oxygens (including phenoxy) is 1. The van der Waals surface area contributed by atoms with E-state index in [0.29, 0.717) is 11.4 Å². The summed E-state index contributed by atoms with van der Waals surface area (Å²) in [4.78, 5) is 36.1. The predicted molar refractivity (Wildman–Crippen MR) is 88.1 cm³/mol. The van der Waals surface area contributed by atoms with Crippen molar-refractivity contribution >= 4 is 23.5 Å². The highest BCUT2D eigenvalue weighted by Crippen LogP contribution is 2.36. The number of fused-ring (bicyclic) bond motifs is 1. The number of carboxylic acids is 2. The lowest BCUT2D eigenvalue weighted by Crippen LogP contribution is -2.44. The minimum absolute atomic E-state index is 0.0518. The van der Waals surface area contributed by atoms with Crippen LogP contribution in [-0.4, -0.2) is 34.2 Å². The third kappa shape index (κ3) is 3.16. The molecule has 0 fully saturated rings. The second-order valence-electron chi connectivity index (χ2n) is 5.67. The summed E-state index contributed by atoms with van der Waals surface area (Å²) in [6, 6.07) is 10.5. The summed E-state index contributed by atoms with van der Waals surface area (Å²) in [7, 11) is 0. The number of carbonyl (C=O) groups excluding carboxylic acids is 1. The van der Waals surface area contributed by atoms with Gasteiger partial charge in [-0.05, 0) is 42.8 Å². The van der Waals surface area contributed by atoms with Gasteiger partial charge >= 0.3 is 11.9 Å². The summed E-state index contributed by atoms with van der Waals surface area (Å²) >= 11 is 0. The number of aromatic carboxylic acids is 2. The van der Waals surface area contributed by atoms with Crippen molar-refractivity contribution in [3.05, 3.63) is 59.2 Å². The number of hydrogen-bond donors (Lipinski definition) is 2. The summed E-state index contributed by atoms with van der Waals surface area (Å²) < 4.78 is 5.54. The van der Waals surface area contributed by atoms with Gasteiger partial charge in [0.05, 0.1) is 23.4 Å². The standard InChI is InChI=1S/C18H15NO6/c1-10-16(20)19(9-11-2-4-12(5-3-11)17(21)22)14-8-13(18(23)24)6-7-15(14)25-10/h2-8,10H,9H2,1H3,(H,21,22)(H,23,24). The van der Waals surface area contributed by atoms with Gasteiger partial charge in [-0.2, -0.15) is 0 Å². The van der Waals surface area contributed by atoms with E-state index in [-0.39, 0.29) is 23.6 Å². The Balaban J connectivity index is 1.97. The van der Waals surface area contributed by atoms with Gasteiger partial charge in [0.25, 0.3) is 5.91 Å². The second-order valence-corrected chi connectivity index (χ2v) is 5.67. The topological polar surface area (TPSA) is 104 Å². The molecule has 2 aromatic carbocycles. The maximum Gasteiger partial charge on any atom is 0.335 e. The molecule has 25 heavy (non-hydrogen) atoms. The fourth-order valence-electron chi connectivity index (χ4n) is 2.64. The first-order valence-corrected chi connectivity index (χ1v) is 7.54. The van der Waals surface area contributed by atoms with Crippen LogP contribution in [-0.2, 0) is 11.3 Å². The average Bonchev–Trinajstić information content (AvgIpc) is 2.59. The van der Waals surface area contributed by atoms with E-state index in [4.69, 9.17) is 14.9 Å². The van der Waals surface area contributed by atoms with Crippen LogP contribution in [0, 0.1) is 0 Å². The Morgan fingerprint density at radius 1 is 1.04 bits per heavy atom. The Labute approximate surface area is 143 Å². The van der Waals surface area contributed by atoms with Gasteiger partial charge in [0.1, 0.15) is 5.75 Å². The van der Waals surface area contributed by atoms with Gasteiger partial charge in [-0.1, -0.05) is 12.1 Å². The molecule has 1 amide bonds. The van der Waals surface area contributed by atoms with Crippen LogP contribution in [0.1, 0.15) is 33.2 Å². The number of carboxylic acid groups (broad SMARTS) is 2. The zero-order valence-electron chi connectivity index (χ0n) is 13.3. The highest BCUT2D eigenvalue weighted by molar-refractivity contribution is 6.01. The Kier molecular flexibility index (Phi) is 4.14. The van der Waals surface area contributed by atoms with Crippen LogP contribution >= 0.6 is 0 Å². The van der Waals surface area contributed by atoms with Crippen molar-refractivity contribution in [2.75, 3.05) is 4.90 Å². The Bertz CT molecular complexity index is 858. The average molecular weight is 341 g/mol. The molecule has 1 aliphatic heterocycles. The smallest absolute Gasteiger partial charge is 0.335 e. The molecule has 7 nitrogen and oxygen atoms in total. The Morgan fingerprint density at radius 2 is 1.64 bits per heavy atom. The third-order valence-electron chi connectivity index (χ3n) is 3.96. The van der Waals surface area contributed by atoms with Crippen molar-refractivity contribution in [1.29, 1.82) is 0 Å². The Hall–Kier alpha value is -3.35. The molecule has 1 heterocycles. The highest BCUT2D eigenvalue weighted by atomic mass is 16.5. The van der Waals surface area contributed by atoms with Gasteiger partial charge in [0.15, 0.2) is 6.10 Å². The Morgan fingerprint density at radius 3 is 2.24 bits per heavy atom. The van der Waals surface area contributed by atoms with Crippen molar-refractivity contribution in [1.82, 2.24) is 0 Å². The maximum absolute atomic E-state index is 12.5. The molecule has 0 saturated heterocycles. The molecule has 0 bridgehead atoms. The zero-order valence-corrected chi connectivity index (χ0v) is 13.3.